The van der Waals surface area contributed by atoms with Crippen LogP contribution in [-0.2, 0) is 0 Å². The highest BCUT2D eigenvalue weighted by atomic mass is 16.3. The second-order valence-electron chi connectivity index (χ2n) is 5.65. The molecule has 0 heterocycles. The van der Waals surface area contributed by atoms with Crippen LogP contribution in [0.2, 0.25) is 0 Å². The minimum Gasteiger partial charge on any atom is -0.508 e. The van der Waals surface area contributed by atoms with Gasteiger partial charge in [-0.3, -0.25) is 0 Å². The van der Waals surface area contributed by atoms with Gasteiger partial charge in [0, 0.05) is 17.8 Å². The number of hydrogen-bond donors (Lipinski definition) is 2. The summed E-state index contributed by atoms with van der Waals surface area (Å²) >= 11 is 0. The molecule has 20 heavy (non-hydrogen) atoms. The lowest BCUT2D eigenvalue weighted by atomic mass is 9.82. The van der Waals surface area contributed by atoms with Crippen LogP contribution in [0.1, 0.15) is 37.2 Å². The molecule has 0 saturated heterocycles. The smallest absolute Gasteiger partial charge is 0.117 e. The molecule has 0 spiro atoms. The van der Waals surface area contributed by atoms with Gasteiger partial charge in [-0.1, -0.05) is 36.4 Å². The zero-order chi connectivity index (χ0) is 13.8. The Bertz CT molecular complexity index is 544. The lowest BCUT2D eigenvalue weighted by Crippen LogP contribution is -2.25. The molecule has 3 rings (SSSR count). The molecule has 0 amide bonds. The summed E-state index contributed by atoms with van der Waals surface area (Å²) in [5.41, 5.74) is 2.50. The summed E-state index contributed by atoms with van der Waals surface area (Å²) in [6.07, 6.45) is 4.85. The van der Waals surface area contributed by atoms with E-state index in [1.807, 2.05) is 12.1 Å². The summed E-state index contributed by atoms with van der Waals surface area (Å²) in [7, 11) is 0. The van der Waals surface area contributed by atoms with Crippen LogP contribution >= 0.6 is 0 Å². The Morgan fingerprint density at radius 1 is 0.850 bits per heavy atom. The molecular formula is C18H21NO. The molecule has 1 saturated carbocycles. The molecule has 2 N–H and O–H groups in total. The van der Waals surface area contributed by atoms with Crippen LogP contribution in [0.4, 0.5) is 5.69 Å². The molecule has 0 aliphatic heterocycles. The van der Waals surface area contributed by atoms with Gasteiger partial charge in [0.1, 0.15) is 5.75 Å². The Morgan fingerprint density at radius 3 is 2.30 bits per heavy atom. The first-order valence-electron chi connectivity index (χ1n) is 7.42. The minimum atomic E-state index is 0.327. The van der Waals surface area contributed by atoms with E-state index in [4.69, 9.17) is 0 Å². The molecule has 0 radical (unpaired) electrons. The van der Waals surface area contributed by atoms with Gasteiger partial charge in [-0.2, -0.15) is 0 Å². The molecular weight excluding hydrogens is 246 g/mol. The molecule has 1 aliphatic carbocycles. The van der Waals surface area contributed by atoms with Crippen LogP contribution in [0, 0.1) is 0 Å². The van der Waals surface area contributed by atoms with Crippen molar-refractivity contribution in [1.29, 1.82) is 0 Å². The maximum atomic E-state index is 9.49. The van der Waals surface area contributed by atoms with Gasteiger partial charge in [0.2, 0.25) is 0 Å². The fourth-order valence-corrected chi connectivity index (χ4v) is 3.13. The number of benzene rings is 2. The van der Waals surface area contributed by atoms with Crippen molar-refractivity contribution in [2.24, 2.45) is 0 Å². The van der Waals surface area contributed by atoms with Gasteiger partial charge in [0.15, 0.2) is 0 Å². The van der Waals surface area contributed by atoms with Crippen LogP contribution < -0.4 is 5.32 Å². The average Bonchev–Trinajstić information content (AvgIpc) is 2.49. The largest absolute Gasteiger partial charge is 0.508 e. The zero-order valence-corrected chi connectivity index (χ0v) is 11.6. The van der Waals surface area contributed by atoms with Crippen LogP contribution in [0.3, 0.4) is 0 Å². The fourth-order valence-electron chi connectivity index (χ4n) is 3.13. The van der Waals surface area contributed by atoms with E-state index in [0.717, 1.165) is 5.69 Å². The molecule has 0 bridgehead atoms. The van der Waals surface area contributed by atoms with Gasteiger partial charge in [0.05, 0.1) is 0 Å². The summed E-state index contributed by atoms with van der Waals surface area (Å²) in [4.78, 5) is 0. The molecule has 1 aliphatic rings. The highest BCUT2D eigenvalue weighted by Crippen LogP contribution is 2.34. The predicted molar refractivity (Wildman–Crippen MR) is 83.2 cm³/mol. The van der Waals surface area contributed by atoms with Crippen molar-refractivity contribution in [3.8, 4) is 5.75 Å². The second-order valence-corrected chi connectivity index (χ2v) is 5.65. The third-order valence-electron chi connectivity index (χ3n) is 4.22. The van der Waals surface area contributed by atoms with E-state index in [0.29, 0.717) is 17.7 Å². The summed E-state index contributed by atoms with van der Waals surface area (Å²) in [6, 6.07) is 18.8. The van der Waals surface area contributed by atoms with E-state index in [2.05, 4.69) is 35.6 Å². The Balaban J connectivity index is 1.56. The minimum absolute atomic E-state index is 0.327. The van der Waals surface area contributed by atoms with Gasteiger partial charge >= 0.3 is 0 Å². The van der Waals surface area contributed by atoms with E-state index in [-0.39, 0.29) is 0 Å². The molecule has 2 nitrogen and oxygen atoms in total. The number of phenolic OH excluding ortho intramolecular Hbond substituents is 1. The van der Waals surface area contributed by atoms with Crippen molar-refractivity contribution < 1.29 is 5.11 Å². The number of hydrogen-bond acceptors (Lipinski definition) is 2. The molecule has 1 fully saturated rings. The van der Waals surface area contributed by atoms with E-state index >= 15 is 0 Å². The van der Waals surface area contributed by atoms with Crippen molar-refractivity contribution >= 4 is 5.69 Å². The topological polar surface area (TPSA) is 32.3 Å². The fraction of sp³-hybridized carbons (Fsp3) is 0.333. The normalized spacial score (nSPS) is 22.4. The van der Waals surface area contributed by atoms with Gasteiger partial charge in [-0.15, -0.1) is 0 Å². The average molecular weight is 267 g/mol. The van der Waals surface area contributed by atoms with Crippen LogP contribution in [-0.4, -0.2) is 11.1 Å². The lowest BCUT2D eigenvalue weighted by Gasteiger charge is -2.30. The van der Waals surface area contributed by atoms with Crippen molar-refractivity contribution in [1.82, 2.24) is 0 Å². The van der Waals surface area contributed by atoms with Crippen LogP contribution in [0.5, 0.6) is 5.75 Å². The summed E-state index contributed by atoms with van der Waals surface area (Å²) < 4.78 is 0. The van der Waals surface area contributed by atoms with Crippen molar-refractivity contribution in [2.45, 2.75) is 37.6 Å². The highest BCUT2D eigenvalue weighted by molar-refractivity contribution is 5.48. The summed E-state index contributed by atoms with van der Waals surface area (Å²) in [6.45, 7) is 0. The molecule has 104 valence electrons. The standard InChI is InChI=1S/C18H21NO/c20-18-8-4-7-17(13-18)19-16-11-9-15(10-12-16)14-5-2-1-3-6-14/h1-8,13,15-16,19-20H,9-12H2. The van der Waals surface area contributed by atoms with Crippen LogP contribution in [0.15, 0.2) is 54.6 Å². The number of phenols is 1. The van der Waals surface area contributed by atoms with Crippen molar-refractivity contribution in [2.75, 3.05) is 5.32 Å². The first-order valence-corrected chi connectivity index (χ1v) is 7.42. The maximum absolute atomic E-state index is 9.49. The molecule has 0 aromatic heterocycles. The number of nitrogens with one attached hydrogen (secondary N) is 1. The number of rotatable bonds is 3. The van der Waals surface area contributed by atoms with Gasteiger partial charge in [0.25, 0.3) is 0 Å². The number of anilines is 1. The Labute approximate surface area is 120 Å². The molecule has 2 aromatic carbocycles. The van der Waals surface area contributed by atoms with Crippen LogP contribution in [0.25, 0.3) is 0 Å². The second kappa shape index (κ2) is 6.00. The first-order chi connectivity index (χ1) is 9.81. The zero-order valence-electron chi connectivity index (χ0n) is 11.6. The molecule has 0 atom stereocenters. The Kier molecular flexibility index (Phi) is 3.91. The molecule has 2 heteroatoms. The van der Waals surface area contributed by atoms with Gasteiger partial charge < -0.3 is 10.4 Å². The number of aromatic hydroxyl groups is 1. The summed E-state index contributed by atoms with van der Waals surface area (Å²) in [5.74, 6) is 1.03. The quantitative estimate of drug-likeness (QED) is 0.856. The lowest BCUT2D eigenvalue weighted by molar-refractivity contribution is 0.412. The van der Waals surface area contributed by atoms with Crippen molar-refractivity contribution in [3.05, 3.63) is 60.2 Å². The predicted octanol–water partition coefficient (Wildman–Crippen LogP) is 4.53. The highest BCUT2D eigenvalue weighted by Gasteiger charge is 2.22. The monoisotopic (exact) mass is 267 g/mol. The van der Waals surface area contributed by atoms with E-state index < -0.39 is 0 Å². The summed E-state index contributed by atoms with van der Waals surface area (Å²) in [5, 5.41) is 13.0. The first kappa shape index (κ1) is 13.0. The SMILES string of the molecule is Oc1cccc(NC2CCC(c3ccccc3)CC2)c1. The van der Waals surface area contributed by atoms with Gasteiger partial charge in [-0.05, 0) is 49.3 Å². The third-order valence-corrected chi connectivity index (χ3v) is 4.22. The van der Waals surface area contributed by atoms with Crippen molar-refractivity contribution in [3.63, 3.8) is 0 Å². The van der Waals surface area contributed by atoms with E-state index in [9.17, 15) is 5.11 Å². The van der Waals surface area contributed by atoms with E-state index in [1.54, 1.807) is 12.1 Å². The molecule has 2 aromatic rings. The van der Waals surface area contributed by atoms with Gasteiger partial charge in [-0.25, -0.2) is 0 Å². The Morgan fingerprint density at radius 2 is 1.60 bits per heavy atom. The Hall–Kier alpha value is -1.96. The molecule has 0 unspecified atom stereocenters. The van der Waals surface area contributed by atoms with E-state index in [1.165, 1.54) is 31.2 Å². The maximum Gasteiger partial charge on any atom is 0.117 e. The third kappa shape index (κ3) is 3.13.